The predicted octanol–water partition coefficient (Wildman–Crippen LogP) is 0.758. The van der Waals surface area contributed by atoms with Crippen LogP contribution in [0.1, 0.15) is 20.8 Å². The molecule has 16 heavy (non-hydrogen) atoms. The van der Waals surface area contributed by atoms with Gasteiger partial charge in [0.1, 0.15) is 0 Å². The minimum atomic E-state index is -1.24. The molecule has 1 heterocycles. The quantitative estimate of drug-likeness (QED) is 0.546. The molecule has 0 bridgehead atoms. The zero-order chi connectivity index (χ0) is 12.0. The van der Waals surface area contributed by atoms with Crippen molar-refractivity contribution in [3.63, 3.8) is 0 Å². The molecule has 0 aromatic carbocycles. The van der Waals surface area contributed by atoms with Gasteiger partial charge in [-0.1, -0.05) is 0 Å². The molecule has 0 radical (unpaired) electrons. The first-order valence-electron chi connectivity index (χ1n) is 3.73. The third-order valence-electron chi connectivity index (χ3n) is 1.46. The molecular weight excluding hydrogens is 222 g/mol. The third-order valence-corrected chi connectivity index (χ3v) is 1.46. The van der Waals surface area contributed by atoms with E-state index in [4.69, 9.17) is 0 Å². The highest BCUT2D eigenvalue weighted by Crippen LogP contribution is 2.09. The standard InChI is InChI=1S/C7H3N3O6/c11-6(15-9-13)4-2-1-3-8-5(4)7(12)16-10-14/h1-3H. The Kier molecular flexibility index (Phi) is 3.72. The number of pyridine rings is 1. The van der Waals surface area contributed by atoms with Gasteiger partial charge in [-0.25, -0.2) is 14.6 Å². The van der Waals surface area contributed by atoms with Crippen molar-refractivity contribution in [3.8, 4) is 0 Å². The zero-order valence-electron chi connectivity index (χ0n) is 7.52. The van der Waals surface area contributed by atoms with Crippen LogP contribution < -0.4 is 0 Å². The summed E-state index contributed by atoms with van der Waals surface area (Å²) in [6.07, 6.45) is 1.17. The van der Waals surface area contributed by atoms with Crippen LogP contribution in [0.5, 0.6) is 0 Å². The van der Waals surface area contributed by atoms with Gasteiger partial charge in [0.05, 0.1) is 5.56 Å². The van der Waals surface area contributed by atoms with Gasteiger partial charge in [-0.15, -0.1) is 9.81 Å². The number of carbonyl (C=O) groups excluding carboxylic acids is 2. The van der Waals surface area contributed by atoms with E-state index in [1.165, 1.54) is 12.3 Å². The Morgan fingerprint density at radius 1 is 1.12 bits per heavy atom. The van der Waals surface area contributed by atoms with Crippen molar-refractivity contribution in [2.24, 2.45) is 10.7 Å². The largest absolute Gasteiger partial charge is 0.388 e. The molecule has 0 saturated carbocycles. The van der Waals surface area contributed by atoms with Crippen LogP contribution in [-0.4, -0.2) is 16.9 Å². The van der Waals surface area contributed by atoms with Crippen molar-refractivity contribution in [2.75, 3.05) is 0 Å². The van der Waals surface area contributed by atoms with Crippen molar-refractivity contribution in [3.05, 3.63) is 39.4 Å². The second-order valence-corrected chi connectivity index (χ2v) is 2.31. The summed E-state index contributed by atoms with van der Waals surface area (Å²) in [7, 11) is 0. The maximum atomic E-state index is 11.1. The van der Waals surface area contributed by atoms with Gasteiger partial charge in [-0.05, 0) is 12.1 Å². The van der Waals surface area contributed by atoms with E-state index in [0.717, 1.165) is 6.07 Å². The summed E-state index contributed by atoms with van der Waals surface area (Å²) in [5.74, 6) is -2.44. The molecule has 0 atom stereocenters. The number of hydrogen-bond donors (Lipinski definition) is 0. The first kappa shape index (κ1) is 11.4. The van der Waals surface area contributed by atoms with Gasteiger partial charge in [0.15, 0.2) is 16.4 Å². The van der Waals surface area contributed by atoms with E-state index in [2.05, 4.69) is 14.7 Å². The Hall–Kier alpha value is -2.71. The third kappa shape index (κ3) is 2.41. The van der Waals surface area contributed by atoms with Crippen molar-refractivity contribution in [2.45, 2.75) is 0 Å². The fourth-order valence-electron chi connectivity index (χ4n) is 0.893. The lowest BCUT2D eigenvalue weighted by Crippen LogP contribution is -2.12. The minimum absolute atomic E-state index is 0.365. The molecule has 0 saturated heterocycles. The molecule has 0 fully saturated rings. The highest BCUT2D eigenvalue weighted by Gasteiger charge is 2.21. The molecule has 1 aromatic rings. The van der Waals surface area contributed by atoms with Crippen molar-refractivity contribution in [1.82, 2.24) is 4.98 Å². The molecule has 0 aliphatic carbocycles. The fourth-order valence-corrected chi connectivity index (χ4v) is 0.893. The van der Waals surface area contributed by atoms with Crippen LogP contribution in [0.15, 0.2) is 29.0 Å². The van der Waals surface area contributed by atoms with Crippen LogP contribution in [0.4, 0.5) is 0 Å². The van der Waals surface area contributed by atoms with E-state index >= 15 is 0 Å². The lowest BCUT2D eigenvalue weighted by molar-refractivity contribution is 0.0455. The van der Waals surface area contributed by atoms with E-state index in [9.17, 15) is 19.4 Å². The van der Waals surface area contributed by atoms with Crippen LogP contribution in [0.25, 0.3) is 0 Å². The van der Waals surface area contributed by atoms with Crippen LogP contribution in [-0.2, 0) is 9.68 Å². The molecule has 0 N–H and O–H groups in total. The van der Waals surface area contributed by atoms with Gasteiger partial charge in [-0.3, -0.25) is 9.68 Å². The Bertz CT molecular complexity index is 405. The van der Waals surface area contributed by atoms with Crippen LogP contribution in [0.3, 0.4) is 0 Å². The van der Waals surface area contributed by atoms with Gasteiger partial charge >= 0.3 is 11.9 Å². The zero-order valence-corrected chi connectivity index (χ0v) is 7.52. The first-order chi connectivity index (χ1) is 7.70. The average molecular weight is 225 g/mol. The molecule has 0 aliphatic heterocycles. The van der Waals surface area contributed by atoms with E-state index in [1.807, 2.05) is 10.7 Å². The minimum Gasteiger partial charge on any atom is -0.279 e. The van der Waals surface area contributed by atoms with Crippen molar-refractivity contribution in [1.29, 1.82) is 0 Å². The predicted molar refractivity (Wildman–Crippen MR) is 46.7 cm³/mol. The maximum absolute atomic E-state index is 11.1. The summed E-state index contributed by atoms with van der Waals surface area (Å²) < 4.78 is 0. The molecule has 1 aromatic heterocycles. The van der Waals surface area contributed by atoms with Gasteiger partial charge in [0, 0.05) is 6.20 Å². The van der Waals surface area contributed by atoms with E-state index < -0.39 is 17.6 Å². The van der Waals surface area contributed by atoms with Crippen LogP contribution in [0, 0.1) is 9.81 Å². The number of hydrogen-bond acceptors (Lipinski definition) is 9. The normalized spacial score (nSPS) is 9.00. The SMILES string of the molecule is O=NOC(=O)c1cccnc1C(=O)ON=O. The average Bonchev–Trinajstić information content (AvgIpc) is 2.30. The van der Waals surface area contributed by atoms with Gasteiger partial charge < -0.3 is 0 Å². The number of aromatic nitrogens is 1. The Morgan fingerprint density at radius 2 is 1.75 bits per heavy atom. The summed E-state index contributed by atoms with van der Waals surface area (Å²) >= 11 is 0. The molecular formula is C7H3N3O6. The monoisotopic (exact) mass is 225 g/mol. The second-order valence-electron chi connectivity index (χ2n) is 2.31. The number of rotatable bonds is 4. The van der Waals surface area contributed by atoms with Crippen molar-refractivity contribution >= 4 is 11.9 Å². The Labute approximate surface area is 87.2 Å². The van der Waals surface area contributed by atoms with E-state index in [-0.39, 0.29) is 5.56 Å². The molecule has 0 spiro atoms. The van der Waals surface area contributed by atoms with E-state index in [1.54, 1.807) is 0 Å². The molecule has 9 nitrogen and oxygen atoms in total. The van der Waals surface area contributed by atoms with Crippen LogP contribution in [0.2, 0.25) is 0 Å². The second kappa shape index (κ2) is 5.24. The summed E-state index contributed by atoms with van der Waals surface area (Å²) in [6, 6.07) is 2.45. The molecule has 82 valence electrons. The first-order valence-corrected chi connectivity index (χ1v) is 3.73. The smallest absolute Gasteiger partial charge is 0.279 e. The maximum Gasteiger partial charge on any atom is 0.388 e. The fraction of sp³-hybridized carbons (Fsp3) is 0. The summed E-state index contributed by atoms with van der Waals surface area (Å²) in [6.45, 7) is 0. The highest BCUT2D eigenvalue weighted by molar-refractivity contribution is 6.01. The van der Waals surface area contributed by atoms with Crippen LogP contribution >= 0.6 is 0 Å². The number of carbonyl (C=O) groups is 2. The molecule has 0 unspecified atom stereocenters. The molecule has 0 aliphatic rings. The molecule has 0 amide bonds. The Morgan fingerprint density at radius 3 is 2.38 bits per heavy atom. The molecule has 9 heteroatoms. The van der Waals surface area contributed by atoms with E-state index in [0.29, 0.717) is 0 Å². The number of nitrogens with zero attached hydrogens (tertiary/aromatic N) is 3. The summed E-state index contributed by atoms with van der Waals surface area (Å²) in [5.41, 5.74) is -0.869. The lowest BCUT2D eigenvalue weighted by Gasteiger charge is -2.00. The van der Waals surface area contributed by atoms with Crippen molar-refractivity contribution < 1.29 is 19.3 Å². The van der Waals surface area contributed by atoms with Gasteiger partial charge in [0.2, 0.25) is 0 Å². The van der Waals surface area contributed by atoms with Gasteiger partial charge in [0.25, 0.3) is 0 Å². The lowest BCUT2D eigenvalue weighted by atomic mass is 10.2. The topological polar surface area (TPSA) is 124 Å². The highest BCUT2D eigenvalue weighted by atomic mass is 16.8. The van der Waals surface area contributed by atoms with Gasteiger partial charge in [-0.2, -0.15) is 0 Å². The Balaban J connectivity index is 3.09. The summed E-state index contributed by atoms with van der Waals surface area (Å²) in [5, 5.41) is 3.78. The molecule has 1 rings (SSSR count). The summed E-state index contributed by atoms with van der Waals surface area (Å²) in [4.78, 5) is 52.6.